The molecule has 5 atom stereocenters. The number of ether oxygens (including phenoxy) is 1. The van der Waals surface area contributed by atoms with Crippen LogP contribution >= 0.6 is 0 Å². The summed E-state index contributed by atoms with van der Waals surface area (Å²) in [7, 11) is 0. The van der Waals surface area contributed by atoms with Crippen molar-refractivity contribution in [2.45, 2.75) is 50.3 Å². The van der Waals surface area contributed by atoms with Gasteiger partial charge in [0.25, 0.3) is 0 Å². The van der Waals surface area contributed by atoms with Gasteiger partial charge in [0.15, 0.2) is 0 Å². The van der Waals surface area contributed by atoms with E-state index in [9.17, 15) is 9.59 Å². The Hall–Kier alpha value is -3.02. The highest BCUT2D eigenvalue weighted by Crippen LogP contribution is 2.51. The molecule has 2 aromatic rings. The van der Waals surface area contributed by atoms with E-state index in [1.807, 2.05) is 23.1 Å². The first-order valence-corrected chi connectivity index (χ1v) is 11.3. The van der Waals surface area contributed by atoms with E-state index in [2.05, 4.69) is 41.7 Å². The monoisotopic (exact) mass is 419 g/mol. The van der Waals surface area contributed by atoms with E-state index < -0.39 is 12.2 Å². The van der Waals surface area contributed by atoms with Crippen molar-refractivity contribution in [3.8, 4) is 0 Å². The average molecular weight is 420 g/mol. The summed E-state index contributed by atoms with van der Waals surface area (Å²) >= 11 is 0. The van der Waals surface area contributed by atoms with Crippen molar-refractivity contribution in [2.24, 2.45) is 17.6 Å². The molecule has 0 radical (unpaired) electrons. The molecule has 0 aromatic heterocycles. The van der Waals surface area contributed by atoms with Crippen LogP contribution in [0, 0.1) is 11.8 Å². The third-order valence-corrected chi connectivity index (χ3v) is 7.19. The number of nitrogens with one attached hydrogen (secondary N) is 1. The molecule has 0 spiro atoms. The van der Waals surface area contributed by atoms with Crippen LogP contribution in [0.4, 0.5) is 10.5 Å². The normalized spacial score (nSPS) is 29.4. The standard InChI is InChI=1S/C25H29N3O3/c26-25(30)31-21-13-7-5-11-18(21)24(29)28-15-14-19-22(16-8-2-1-3-9-16)27-20-12-6-4-10-17(20)23(19)28/h1-4,6,8-10,12,18-19,21-23,27H,5,7,11,13-15H2,(H2,26,30)/t18-,19-,21+,22-,23-/m0/s1. The number of hydrogen-bond donors (Lipinski definition) is 2. The van der Waals surface area contributed by atoms with Gasteiger partial charge in [-0.1, -0.05) is 55.0 Å². The number of primary amides is 1. The molecule has 3 aliphatic rings. The fourth-order valence-corrected chi connectivity index (χ4v) is 5.85. The van der Waals surface area contributed by atoms with Gasteiger partial charge in [0, 0.05) is 18.2 Å². The van der Waals surface area contributed by atoms with Gasteiger partial charge < -0.3 is 20.7 Å². The third kappa shape index (κ3) is 3.64. The minimum Gasteiger partial charge on any atom is -0.446 e. The van der Waals surface area contributed by atoms with E-state index in [4.69, 9.17) is 10.5 Å². The summed E-state index contributed by atoms with van der Waals surface area (Å²) < 4.78 is 5.36. The van der Waals surface area contributed by atoms with Crippen LogP contribution in [0.1, 0.15) is 55.3 Å². The molecule has 0 unspecified atom stereocenters. The molecule has 2 fully saturated rings. The number of fused-ring (bicyclic) bond motifs is 3. The maximum absolute atomic E-state index is 13.8. The number of nitrogens with zero attached hydrogens (tertiary/aromatic N) is 1. The summed E-state index contributed by atoms with van der Waals surface area (Å²) in [6, 6.07) is 19.0. The van der Waals surface area contributed by atoms with Crippen molar-refractivity contribution in [3.05, 3.63) is 65.7 Å². The molecule has 2 aliphatic heterocycles. The number of carbonyl (C=O) groups excluding carboxylic acids is 2. The second-order valence-corrected chi connectivity index (χ2v) is 8.92. The zero-order chi connectivity index (χ0) is 21.4. The van der Waals surface area contributed by atoms with Gasteiger partial charge >= 0.3 is 6.09 Å². The summed E-state index contributed by atoms with van der Waals surface area (Å²) in [4.78, 5) is 27.2. The van der Waals surface area contributed by atoms with Crippen molar-refractivity contribution in [2.75, 3.05) is 11.9 Å². The highest BCUT2D eigenvalue weighted by atomic mass is 16.6. The van der Waals surface area contributed by atoms with E-state index in [0.29, 0.717) is 18.9 Å². The summed E-state index contributed by atoms with van der Waals surface area (Å²) in [5, 5.41) is 3.73. The second kappa shape index (κ2) is 8.25. The minimum absolute atomic E-state index is 0.0197. The maximum atomic E-state index is 13.8. The lowest BCUT2D eigenvalue weighted by molar-refractivity contribution is -0.142. The Kier molecular flexibility index (Phi) is 5.30. The summed E-state index contributed by atoms with van der Waals surface area (Å²) in [5.74, 6) is 0.0829. The first kappa shape index (κ1) is 19.9. The van der Waals surface area contributed by atoms with Crippen LogP contribution in [0.25, 0.3) is 0 Å². The number of hydrogen-bond acceptors (Lipinski definition) is 4. The minimum atomic E-state index is -0.791. The van der Waals surface area contributed by atoms with Gasteiger partial charge in [-0.3, -0.25) is 4.79 Å². The number of rotatable bonds is 3. The Bertz CT molecular complexity index is 963. The summed E-state index contributed by atoms with van der Waals surface area (Å²) in [6.45, 7) is 0.716. The van der Waals surface area contributed by atoms with Gasteiger partial charge in [0.2, 0.25) is 5.91 Å². The fourth-order valence-electron chi connectivity index (χ4n) is 5.85. The van der Waals surface area contributed by atoms with Gasteiger partial charge in [0.05, 0.1) is 18.0 Å². The first-order chi connectivity index (χ1) is 15.1. The second-order valence-electron chi connectivity index (χ2n) is 8.92. The molecular weight excluding hydrogens is 390 g/mol. The van der Waals surface area contributed by atoms with Crippen molar-refractivity contribution < 1.29 is 14.3 Å². The van der Waals surface area contributed by atoms with Gasteiger partial charge in [-0.25, -0.2) is 4.79 Å². The zero-order valence-corrected chi connectivity index (χ0v) is 17.6. The Morgan fingerprint density at radius 1 is 0.968 bits per heavy atom. The summed E-state index contributed by atoms with van der Waals surface area (Å²) in [6.07, 6.45) is 3.10. The number of likely N-dealkylation sites (tertiary alicyclic amines) is 1. The van der Waals surface area contributed by atoms with Crippen molar-refractivity contribution >= 4 is 17.7 Å². The molecule has 3 N–H and O–H groups in total. The van der Waals surface area contributed by atoms with Crippen LogP contribution < -0.4 is 11.1 Å². The highest BCUT2D eigenvalue weighted by molar-refractivity contribution is 5.81. The van der Waals surface area contributed by atoms with Gasteiger partial charge in [-0.15, -0.1) is 0 Å². The zero-order valence-electron chi connectivity index (χ0n) is 17.6. The lowest BCUT2D eigenvalue weighted by Crippen LogP contribution is -2.45. The number of anilines is 1. The van der Waals surface area contributed by atoms with E-state index >= 15 is 0 Å². The van der Waals surface area contributed by atoms with Crippen molar-refractivity contribution in [3.63, 3.8) is 0 Å². The SMILES string of the molecule is NC(=O)O[C@@H]1CCCC[C@@H]1C(=O)N1CC[C@H]2[C@H](c3ccccc3)Nc3ccccc3[C@@H]21. The van der Waals surface area contributed by atoms with E-state index in [-0.39, 0.29) is 23.9 Å². The molecule has 6 nitrogen and oxygen atoms in total. The number of amides is 2. The molecule has 2 amide bonds. The molecule has 0 bridgehead atoms. The predicted octanol–water partition coefficient (Wildman–Crippen LogP) is 4.40. The van der Waals surface area contributed by atoms with Crippen LogP contribution in [0.2, 0.25) is 0 Å². The molecule has 1 saturated heterocycles. The van der Waals surface area contributed by atoms with Gasteiger partial charge in [0.1, 0.15) is 6.10 Å². The molecule has 1 saturated carbocycles. The molecule has 2 aromatic carbocycles. The van der Waals surface area contributed by atoms with Crippen LogP contribution in [0.3, 0.4) is 0 Å². The Morgan fingerprint density at radius 3 is 2.52 bits per heavy atom. The highest BCUT2D eigenvalue weighted by Gasteiger charge is 2.48. The van der Waals surface area contributed by atoms with Crippen molar-refractivity contribution in [1.82, 2.24) is 4.90 Å². The van der Waals surface area contributed by atoms with Gasteiger partial charge in [-0.2, -0.15) is 0 Å². The molecule has 5 rings (SSSR count). The molecule has 2 heterocycles. The molecule has 31 heavy (non-hydrogen) atoms. The predicted molar refractivity (Wildman–Crippen MR) is 118 cm³/mol. The van der Waals surface area contributed by atoms with Gasteiger partial charge in [-0.05, 0) is 42.9 Å². The molecule has 6 heteroatoms. The largest absolute Gasteiger partial charge is 0.446 e. The quantitative estimate of drug-likeness (QED) is 0.772. The van der Waals surface area contributed by atoms with E-state index in [0.717, 1.165) is 31.4 Å². The number of benzene rings is 2. The number of para-hydroxylation sites is 1. The maximum Gasteiger partial charge on any atom is 0.404 e. The van der Waals surface area contributed by atoms with Crippen LogP contribution in [-0.2, 0) is 9.53 Å². The topological polar surface area (TPSA) is 84.7 Å². The lowest BCUT2D eigenvalue weighted by atomic mass is 9.79. The van der Waals surface area contributed by atoms with E-state index in [1.54, 1.807) is 0 Å². The van der Waals surface area contributed by atoms with E-state index in [1.165, 1.54) is 11.1 Å². The molecule has 162 valence electrons. The Labute approximate surface area is 182 Å². The molecular formula is C25H29N3O3. The number of carbonyl (C=O) groups is 2. The number of nitrogens with two attached hydrogens (primary N) is 1. The Balaban J connectivity index is 1.48. The summed E-state index contributed by atoms with van der Waals surface area (Å²) in [5.41, 5.74) is 8.80. The van der Waals surface area contributed by atoms with Crippen LogP contribution in [-0.4, -0.2) is 29.5 Å². The lowest BCUT2D eigenvalue weighted by Gasteiger charge is -2.41. The van der Waals surface area contributed by atoms with Crippen molar-refractivity contribution in [1.29, 1.82) is 0 Å². The Morgan fingerprint density at radius 2 is 1.71 bits per heavy atom. The molecule has 1 aliphatic carbocycles. The first-order valence-electron chi connectivity index (χ1n) is 11.3. The smallest absolute Gasteiger partial charge is 0.404 e. The fraction of sp³-hybridized carbons (Fsp3) is 0.440. The average Bonchev–Trinajstić information content (AvgIpc) is 3.24. The van der Waals surface area contributed by atoms with Crippen LogP contribution in [0.5, 0.6) is 0 Å². The third-order valence-electron chi connectivity index (χ3n) is 7.19. The van der Waals surface area contributed by atoms with Crippen LogP contribution in [0.15, 0.2) is 54.6 Å².